The number of carbonyl (C=O) groups excluding carboxylic acids is 1. The van der Waals surface area contributed by atoms with E-state index in [9.17, 15) is 13.2 Å². The molecule has 0 heterocycles. The summed E-state index contributed by atoms with van der Waals surface area (Å²) in [6.07, 6.45) is 0. The summed E-state index contributed by atoms with van der Waals surface area (Å²) in [4.78, 5) is 13.0. The van der Waals surface area contributed by atoms with Crippen molar-refractivity contribution in [3.8, 4) is 0 Å². The molecule has 1 atom stereocenters. The molecule has 1 unspecified atom stereocenters. The lowest BCUT2D eigenvalue weighted by molar-refractivity contribution is 0.0943. The second kappa shape index (κ2) is 8.92. The van der Waals surface area contributed by atoms with Gasteiger partial charge in [-0.2, -0.15) is 0 Å². The van der Waals surface area contributed by atoms with Gasteiger partial charge in [0.2, 0.25) is 10.0 Å². The number of sulfonamides is 1. The van der Waals surface area contributed by atoms with E-state index in [0.717, 1.165) is 16.7 Å². The molecule has 0 radical (unpaired) electrons. The number of aryl methyl sites for hydroxylation is 1. The molecule has 0 fully saturated rings. The Morgan fingerprint density at radius 3 is 2.21 bits per heavy atom. The van der Waals surface area contributed by atoms with E-state index in [1.54, 1.807) is 31.2 Å². The van der Waals surface area contributed by atoms with E-state index < -0.39 is 10.0 Å². The molecule has 0 saturated carbocycles. The summed E-state index contributed by atoms with van der Waals surface area (Å²) in [5.74, 6) is -0.315. The largest absolute Gasteiger partial charge is 0.341 e. The van der Waals surface area contributed by atoms with Gasteiger partial charge in [0, 0.05) is 11.3 Å². The highest BCUT2D eigenvalue weighted by molar-refractivity contribution is 7.92. The maximum absolute atomic E-state index is 13.0. The fourth-order valence-corrected chi connectivity index (χ4v) is 3.58. The average Bonchev–Trinajstić information content (AvgIpc) is 2.73. The first-order valence-corrected chi connectivity index (χ1v) is 11.1. The summed E-state index contributed by atoms with van der Waals surface area (Å²) < 4.78 is 26.1. The lowest BCUT2D eigenvalue weighted by Crippen LogP contribution is -2.29. The first-order chi connectivity index (χ1) is 13.9. The van der Waals surface area contributed by atoms with Crippen LogP contribution in [0.25, 0.3) is 0 Å². The SMILES string of the molecule is CCS(=O)(=O)Nc1cccc(C(=O)NC(c2ccccc2)c2ccc(C)cc2)c1. The Kier molecular flexibility index (Phi) is 6.34. The number of rotatable bonds is 7. The Morgan fingerprint density at radius 2 is 1.55 bits per heavy atom. The van der Waals surface area contributed by atoms with Gasteiger partial charge in [-0.05, 0) is 43.2 Å². The van der Waals surface area contributed by atoms with E-state index >= 15 is 0 Å². The topological polar surface area (TPSA) is 75.3 Å². The van der Waals surface area contributed by atoms with Crippen molar-refractivity contribution in [3.63, 3.8) is 0 Å². The van der Waals surface area contributed by atoms with Crippen molar-refractivity contribution < 1.29 is 13.2 Å². The standard InChI is InChI=1S/C23H24N2O3S/c1-3-29(27,28)25-21-11-7-10-20(16-21)23(26)24-22(18-8-5-4-6-9-18)19-14-12-17(2)13-15-19/h4-16,22,25H,3H2,1-2H3,(H,24,26). The monoisotopic (exact) mass is 408 g/mol. The highest BCUT2D eigenvalue weighted by Crippen LogP contribution is 2.23. The molecule has 3 rings (SSSR count). The molecule has 2 N–H and O–H groups in total. The van der Waals surface area contributed by atoms with Gasteiger partial charge in [-0.1, -0.05) is 66.2 Å². The molecule has 1 amide bonds. The Morgan fingerprint density at radius 1 is 0.897 bits per heavy atom. The normalized spacial score (nSPS) is 12.2. The van der Waals surface area contributed by atoms with Crippen molar-refractivity contribution in [1.29, 1.82) is 0 Å². The van der Waals surface area contributed by atoms with Crippen LogP contribution in [0.2, 0.25) is 0 Å². The second-order valence-electron chi connectivity index (χ2n) is 6.81. The minimum Gasteiger partial charge on any atom is -0.341 e. The lowest BCUT2D eigenvalue weighted by Gasteiger charge is -2.20. The Balaban J connectivity index is 1.88. The third-order valence-electron chi connectivity index (χ3n) is 4.60. The van der Waals surface area contributed by atoms with E-state index in [-0.39, 0.29) is 17.7 Å². The molecule has 0 aliphatic rings. The van der Waals surface area contributed by atoms with Crippen LogP contribution in [0, 0.1) is 6.92 Å². The molecular weight excluding hydrogens is 384 g/mol. The fourth-order valence-electron chi connectivity index (χ4n) is 2.95. The van der Waals surface area contributed by atoms with Crippen molar-refractivity contribution in [2.75, 3.05) is 10.5 Å². The van der Waals surface area contributed by atoms with Crippen molar-refractivity contribution in [3.05, 3.63) is 101 Å². The number of anilines is 1. The molecule has 0 saturated heterocycles. The summed E-state index contributed by atoms with van der Waals surface area (Å²) in [5, 5.41) is 3.07. The van der Waals surface area contributed by atoms with Gasteiger partial charge in [0.15, 0.2) is 0 Å². The summed E-state index contributed by atoms with van der Waals surface area (Å²) in [7, 11) is -3.41. The highest BCUT2D eigenvalue weighted by Gasteiger charge is 2.18. The van der Waals surface area contributed by atoms with Crippen LogP contribution in [0.3, 0.4) is 0 Å². The van der Waals surface area contributed by atoms with E-state index in [0.29, 0.717) is 11.3 Å². The van der Waals surface area contributed by atoms with Crippen LogP contribution in [0.5, 0.6) is 0 Å². The summed E-state index contributed by atoms with van der Waals surface area (Å²) in [6, 6.07) is 23.9. The van der Waals surface area contributed by atoms with Gasteiger partial charge in [0.25, 0.3) is 5.91 Å². The number of hydrogen-bond acceptors (Lipinski definition) is 3. The number of hydrogen-bond donors (Lipinski definition) is 2. The maximum Gasteiger partial charge on any atom is 0.252 e. The molecule has 6 heteroatoms. The Labute approximate surface area is 171 Å². The van der Waals surface area contributed by atoms with E-state index in [1.807, 2.05) is 61.5 Å². The Hall–Kier alpha value is -3.12. The fraction of sp³-hybridized carbons (Fsp3) is 0.174. The van der Waals surface area contributed by atoms with Crippen LogP contribution in [-0.4, -0.2) is 20.1 Å². The maximum atomic E-state index is 13.0. The van der Waals surface area contributed by atoms with E-state index in [4.69, 9.17) is 0 Å². The number of amides is 1. The second-order valence-corrected chi connectivity index (χ2v) is 8.83. The minimum atomic E-state index is -3.41. The molecule has 0 aromatic heterocycles. The van der Waals surface area contributed by atoms with Crippen LogP contribution in [0.4, 0.5) is 5.69 Å². The first kappa shape index (κ1) is 20.6. The highest BCUT2D eigenvalue weighted by atomic mass is 32.2. The van der Waals surface area contributed by atoms with Crippen LogP contribution in [-0.2, 0) is 10.0 Å². The molecule has 0 aliphatic heterocycles. The van der Waals surface area contributed by atoms with Gasteiger partial charge >= 0.3 is 0 Å². The predicted octanol–water partition coefficient (Wildman–Crippen LogP) is 4.28. The summed E-state index contributed by atoms with van der Waals surface area (Å²) >= 11 is 0. The lowest BCUT2D eigenvalue weighted by atomic mass is 9.97. The zero-order valence-electron chi connectivity index (χ0n) is 16.4. The molecule has 29 heavy (non-hydrogen) atoms. The number of benzene rings is 3. The zero-order chi connectivity index (χ0) is 20.9. The van der Waals surface area contributed by atoms with Gasteiger partial charge in [-0.25, -0.2) is 8.42 Å². The van der Waals surface area contributed by atoms with Gasteiger partial charge in [-0.15, -0.1) is 0 Å². The van der Waals surface area contributed by atoms with Crippen LogP contribution >= 0.6 is 0 Å². The average molecular weight is 409 g/mol. The molecule has 3 aromatic rings. The van der Waals surface area contributed by atoms with Crippen LogP contribution in [0.15, 0.2) is 78.9 Å². The molecular formula is C23H24N2O3S. The minimum absolute atomic E-state index is 0.0348. The van der Waals surface area contributed by atoms with E-state index in [1.165, 1.54) is 0 Å². The van der Waals surface area contributed by atoms with Gasteiger partial charge < -0.3 is 5.32 Å². The predicted molar refractivity (Wildman–Crippen MR) is 116 cm³/mol. The van der Waals surface area contributed by atoms with Crippen molar-refractivity contribution in [2.24, 2.45) is 0 Å². The van der Waals surface area contributed by atoms with E-state index in [2.05, 4.69) is 10.0 Å². The van der Waals surface area contributed by atoms with Gasteiger partial charge in [0.1, 0.15) is 0 Å². The van der Waals surface area contributed by atoms with Crippen LogP contribution in [0.1, 0.15) is 40.0 Å². The van der Waals surface area contributed by atoms with Gasteiger partial charge in [-0.3, -0.25) is 9.52 Å². The third kappa shape index (κ3) is 5.45. The number of nitrogens with one attached hydrogen (secondary N) is 2. The third-order valence-corrected chi connectivity index (χ3v) is 5.90. The smallest absolute Gasteiger partial charge is 0.252 e. The van der Waals surface area contributed by atoms with Crippen molar-refractivity contribution in [2.45, 2.75) is 19.9 Å². The first-order valence-electron chi connectivity index (χ1n) is 9.41. The molecule has 3 aromatic carbocycles. The van der Waals surface area contributed by atoms with Gasteiger partial charge in [0.05, 0.1) is 11.8 Å². The summed E-state index contributed by atoms with van der Waals surface area (Å²) in [6.45, 7) is 3.58. The summed E-state index contributed by atoms with van der Waals surface area (Å²) in [5.41, 5.74) is 3.83. The molecule has 0 bridgehead atoms. The Bertz CT molecular complexity index is 1080. The molecule has 0 spiro atoms. The quantitative estimate of drug-likeness (QED) is 0.613. The molecule has 0 aliphatic carbocycles. The zero-order valence-corrected chi connectivity index (χ0v) is 17.2. The number of carbonyl (C=O) groups is 1. The molecule has 5 nitrogen and oxygen atoms in total. The van der Waals surface area contributed by atoms with Crippen molar-refractivity contribution in [1.82, 2.24) is 5.32 Å². The molecule has 150 valence electrons. The van der Waals surface area contributed by atoms with Crippen molar-refractivity contribution >= 4 is 21.6 Å². The van der Waals surface area contributed by atoms with Crippen LogP contribution < -0.4 is 10.0 Å².